The van der Waals surface area contributed by atoms with E-state index in [1.807, 2.05) is 12.1 Å². The fourth-order valence-corrected chi connectivity index (χ4v) is 3.01. The van der Waals surface area contributed by atoms with Gasteiger partial charge in [-0.25, -0.2) is 0 Å². The van der Waals surface area contributed by atoms with E-state index < -0.39 is 0 Å². The van der Waals surface area contributed by atoms with Gasteiger partial charge in [0.05, 0.1) is 5.38 Å². The Bertz CT molecular complexity index is 683. The lowest BCUT2D eigenvalue weighted by atomic mass is 9.99. The zero-order valence-electron chi connectivity index (χ0n) is 12.0. The van der Waals surface area contributed by atoms with Crippen LogP contribution in [-0.2, 0) is 0 Å². The van der Waals surface area contributed by atoms with Crippen molar-refractivity contribution in [3.63, 3.8) is 0 Å². The van der Waals surface area contributed by atoms with E-state index in [2.05, 4.69) is 26.0 Å². The molecule has 110 valence electrons. The van der Waals surface area contributed by atoms with Gasteiger partial charge in [-0.3, -0.25) is 0 Å². The highest BCUT2D eigenvalue weighted by Gasteiger charge is 2.20. The first-order valence-electron chi connectivity index (χ1n) is 6.86. The average molecular weight is 323 g/mol. The second kappa shape index (κ2) is 5.78. The van der Waals surface area contributed by atoms with Gasteiger partial charge in [0.15, 0.2) is 11.5 Å². The highest BCUT2D eigenvalue weighted by atomic mass is 35.5. The van der Waals surface area contributed by atoms with Crippen molar-refractivity contribution in [1.29, 1.82) is 0 Å². The number of hydrogen-bond acceptors (Lipinski definition) is 2. The lowest BCUT2D eigenvalue weighted by molar-refractivity contribution is 0.171. The maximum atomic E-state index is 6.62. The van der Waals surface area contributed by atoms with Gasteiger partial charge >= 0.3 is 0 Å². The summed E-state index contributed by atoms with van der Waals surface area (Å²) in [5.41, 5.74) is 4.33. The molecule has 1 unspecified atom stereocenters. The minimum atomic E-state index is -0.312. The third kappa shape index (κ3) is 2.83. The Labute approximate surface area is 134 Å². The maximum absolute atomic E-state index is 6.62. The van der Waals surface area contributed by atoms with Gasteiger partial charge in [-0.05, 0) is 42.2 Å². The Hall–Kier alpha value is -1.38. The Morgan fingerprint density at radius 1 is 0.952 bits per heavy atom. The predicted molar refractivity (Wildman–Crippen MR) is 86.1 cm³/mol. The molecule has 21 heavy (non-hydrogen) atoms. The minimum Gasteiger partial charge on any atom is -0.486 e. The molecular weight excluding hydrogens is 307 g/mol. The molecule has 2 aromatic rings. The standard InChI is InChI=1S/C17H16Cl2O2/c1-10-3-4-12(7-11(10)2)17(19)13-8-15-16(9-14(13)18)21-6-5-20-15/h3-4,7-9,17H,5-6H2,1-2H3. The first kappa shape index (κ1) is 14.6. The molecule has 2 aromatic carbocycles. The molecule has 1 atom stereocenters. The number of aryl methyl sites for hydroxylation is 2. The summed E-state index contributed by atoms with van der Waals surface area (Å²) >= 11 is 13.0. The van der Waals surface area contributed by atoms with Crippen LogP contribution >= 0.6 is 23.2 Å². The number of alkyl halides is 1. The van der Waals surface area contributed by atoms with Crippen molar-refractivity contribution in [3.8, 4) is 11.5 Å². The van der Waals surface area contributed by atoms with Gasteiger partial charge < -0.3 is 9.47 Å². The summed E-state index contributed by atoms with van der Waals surface area (Å²) in [5.74, 6) is 1.38. The van der Waals surface area contributed by atoms with Crippen molar-refractivity contribution in [3.05, 3.63) is 57.6 Å². The summed E-state index contributed by atoms with van der Waals surface area (Å²) in [7, 11) is 0. The number of hydrogen-bond donors (Lipinski definition) is 0. The van der Waals surface area contributed by atoms with Crippen LogP contribution in [0.1, 0.15) is 27.6 Å². The molecule has 4 heteroatoms. The number of halogens is 2. The van der Waals surface area contributed by atoms with Crippen molar-refractivity contribution in [2.75, 3.05) is 13.2 Å². The Balaban J connectivity index is 2.00. The first-order valence-corrected chi connectivity index (χ1v) is 7.68. The van der Waals surface area contributed by atoms with Crippen LogP contribution in [0, 0.1) is 13.8 Å². The Morgan fingerprint density at radius 2 is 1.62 bits per heavy atom. The molecule has 0 aliphatic carbocycles. The summed E-state index contributed by atoms with van der Waals surface area (Å²) < 4.78 is 11.1. The minimum absolute atomic E-state index is 0.312. The molecule has 0 saturated heterocycles. The SMILES string of the molecule is Cc1ccc(C(Cl)c2cc3c(cc2Cl)OCCO3)cc1C. The van der Waals surface area contributed by atoms with Crippen LogP contribution in [0.4, 0.5) is 0 Å². The topological polar surface area (TPSA) is 18.5 Å². The Morgan fingerprint density at radius 3 is 2.29 bits per heavy atom. The van der Waals surface area contributed by atoms with Crippen molar-refractivity contribution in [1.82, 2.24) is 0 Å². The largest absolute Gasteiger partial charge is 0.486 e. The van der Waals surface area contributed by atoms with Crippen LogP contribution in [-0.4, -0.2) is 13.2 Å². The number of rotatable bonds is 2. The third-order valence-corrected chi connectivity index (χ3v) is 4.57. The second-order valence-corrected chi connectivity index (χ2v) is 6.07. The average Bonchev–Trinajstić information content (AvgIpc) is 2.48. The predicted octanol–water partition coefficient (Wildman–Crippen LogP) is 5.06. The molecule has 2 nitrogen and oxygen atoms in total. The normalized spacial score (nSPS) is 14.9. The van der Waals surface area contributed by atoms with E-state index in [4.69, 9.17) is 32.7 Å². The summed E-state index contributed by atoms with van der Waals surface area (Å²) in [5, 5.41) is 0.283. The molecule has 1 heterocycles. The van der Waals surface area contributed by atoms with Crippen LogP contribution in [0.25, 0.3) is 0 Å². The molecule has 0 saturated carbocycles. The van der Waals surface area contributed by atoms with E-state index in [9.17, 15) is 0 Å². The van der Waals surface area contributed by atoms with Crippen molar-refractivity contribution in [2.24, 2.45) is 0 Å². The molecule has 0 aromatic heterocycles. The van der Waals surface area contributed by atoms with E-state index in [-0.39, 0.29) is 5.38 Å². The molecular formula is C17H16Cl2O2. The highest BCUT2D eigenvalue weighted by Crippen LogP contribution is 2.41. The lowest BCUT2D eigenvalue weighted by Gasteiger charge is -2.21. The van der Waals surface area contributed by atoms with Gasteiger partial charge in [0.2, 0.25) is 0 Å². The molecule has 1 aliphatic rings. The molecule has 0 fully saturated rings. The van der Waals surface area contributed by atoms with Crippen LogP contribution < -0.4 is 9.47 Å². The van der Waals surface area contributed by atoms with Crippen LogP contribution in [0.5, 0.6) is 11.5 Å². The maximum Gasteiger partial charge on any atom is 0.162 e. The van der Waals surface area contributed by atoms with Gasteiger partial charge in [0.25, 0.3) is 0 Å². The molecule has 0 N–H and O–H groups in total. The van der Waals surface area contributed by atoms with E-state index in [1.165, 1.54) is 11.1 Å². The smallest absolute Gasteiger partial charge is 0.162 e. The first-order chi connectivity index (χ1) is 10.1. The van der Waals surface area contributed by atoms with Crippen LogP contribution in [0.3, 0.4) is 0 Å². The van der Waals surface area contributed by atoms with Crippen molar-refractivity contribution >= 4 is 23.2 Å². The summed E-state index contributed by atoms with van der Waals surface area (Å²) in [6.45, 7) is 5.25. The summed E-state index contributed by atoms with van der Waals surface area (Å²) in [6.07, 6.45) is 0. The number of ether oxygens (including phenoxy) is 2. The second-order valence-electron chi connectivity index (χ2n) is 5.22. The fraction of sp³-hybridized carbons (Fsp3) is 0.294. The monoisotopic (exact) mass is 322 g/mol. The van der Waals surface area contributed by atoms with Gasteiger partial charge in [0.1, 0.15) is 13.2 Å². The molecule has 3 rings (SSSR count). The third-order valence-electron chi connectivity index (χ3n) is 3.76. The quantitative estimate of drug-likeness (QED) is 0.720. The van der Waals surface area contributed by atoms with E-state index in [1.54, 1.807) is 6.07 Å². The Kier molecular flexibility index (Phi) is 4.01. The fourth-order valence-electron chi connectivity index (χ4n) is 2.38. The van der Waals surface area contributed by atoms with Gasteiger partial charge in [-0.2, -0.15) is 0 Å². The molecule has 0 radical (unpaired) electrons. The van der Waals surface area contributed by atoms with E-state index in [0.717, 1.165) is 11.1 Å². The lowest BCUT2D eigenvalue weighted by Crippen LogP contribution is -2.15. The highest BCUT2D eigenvalue weighted by molar-refractivity contribution is 6.33. The van der Waals surface area contributed by atoms with Gasteiger partial charge in [-0.15, -0.1) is 11.6 Å². The summed E-state index contributed by atoms with van der Waals surface area (Å²) in [4.78, 5) is 0. The molecule has 1 aliphatic heterocycles. The van der Waals surface area contributed by atoms with Gasteiger partial charge in [0, 0.05) is 11.1 Å². The van der Waals surface area contributed by atoms with Gasteiger partial charge in [-0.1, -0.05) is 29.8 Å². The number of benzene rings is 2. The molecule has 0 spiro atoms. The van der Waals surface area contributed by atoms with Crippen LogP contribution in [0.15, 0.2) is 30.3 Å². The molecule has 0 amide bonds. The zero-order chi connectivity index (χ0) is 15.0. The van der Waals surface area contributed by atoms with Crippen LogP contribution in [0.2, 0.25) is 5.02 Å². The molecule has 0 bridgehead atoms. The van der Waals surface area contributed by atoms with Crippen molar-refractivity contribution in [2.45, 2.75) is 19.2 Å². The summed E-state index contributed by atoms with van der Waals surface area (Å²) in [6, 6.07) is 9.87. The van der Waals surface area contributed by atoms with Crippen molar-refractivity contribution < 1.29 is 9.47 Å². The zero-order valence-corrected chi connectivity index (χ0v) is 13.5. The number of fused-ring (bicyclic) bond motifs is 1. The van der Waals surface area contributed by atoms with E-state index in [0.29, 0.717) is 29.7 Å². The van der Waals surface area contributed by atoms with E-state index >= 15 is 0 Å².